The van der Waals surface area contributed by atoms with E-state index in [1.165, 1.54) is 31.2 Å². The first-order valence-electron chi connectivity index (χ1n) is 9.43. The van der Waals surface area contributed by atoms with Crippen LogP contribution in [0, 0.1) is 11.5 Å². The van der Waals surface area contributed by atoms with Crippen molar-refractivity contribution < 1.29 is 22.8 Å². The summed E-state index contributed by atoms with van der Waals surface area (Å²) in [4.78, 5) is 24.7. The van der Waals surface area contributed by atoms with Crippen molar-refractivity contribution in [2.75, 3.05) is 5.32 Å². The number of hydrogen-bond acceptors (Lipinski definition) is 4. The molecule has 0 unspecified atom stereocenters. The quantitative estimate of drug-likeness (QED) is 0.396. The highest BCUT2D eigenvalue weighted by molar-refractivity contribution is 6.83. The number of ketones is 1. The van der Waals surface area contributed by atoms with Gasteiger partial charge in [0, 0.05) is 29.2 Å². The van der Waals surface area contributed by atoms with Gasteiger partial charge in [0.1, 0.15) is 8.07 Å². The summed E-state index contributed by atoms with van der Waals surface area (Å²) < 4.78 is 39.5. The largest absolute Gasteiger partial charge is 0.442 e. The highest BCUT2D eigenvalue weighted by Gasteiger charge is 2.65. The molecule has 0 saturated heterocycles. The lowest BCUT2D eigenvalue weighted by Gasteiger charge is -2.15. The van der Waals surface area contributed by atoms with Gasteiger partial charge in [-0.25, -0.2) is 0 Å². The Hall–Kier alpha value is -3.25. The van der Waals surface area contributed by atoms with Crippen LogP contribution in [0.5, 0.6) is 0 Å². The van der Waals surface area contributed by atoms with Crippen LogP contribution in [0.25, 0.3) is 0 Å². The van der Waals surface area contributed by atoms with E-state index < -0.39 is 25.7 Å². The predicted molar refractivity (Wildman–Crippen MR) is 113 cm³/mol. The molecule has 0 saturated carbocycles. The van der Waals surface area contributed by atoms with Gasteiger partial charge >= 0.3 is 11.8 Å². The fourth-order valence-corrected chi connectivity index (χ4v) is 3.34. The van der Waals surface area contributed by atoms with Crippen LogP contribution >= 0.6 is 0 Å². The fraction of sp³-hybridized carbons (Fsp3) is 0.273. The predicted octanol–water partition coefficient (Wildman–Crippen LogP) is 5.29. The zero-order valence-corrected chi connectivity index (χ0v) is 18.4. The summed E-state index contributed by atoms with van der Waals surface area (Å²) in [7, 11) is -1.65. The number of alkyl halides is 3. The third kappa shape index (κ3) is 4.91. The van der Waals surface area contributed by atoms with Gasteiger partial charge in [-0.2, -0.15) is 13.2 Å². The van der Waals surface area contributed by atoms with Crippen LogP contribution in [0.4, 0.5) is 18.9 Å². The van der Waals surface area contributed by atoms with Crippen molar-refractivity contribution in [2.24, 2.45) is 10.2 Å². The highest BCUT2D eigenvalue weighted by Crippen LogP contribution is 2.52. The molecule has 3 rings (SSSR count). The van der Waals surface area contributed by atoms with E-state index in [2.05, 4.69) is 46.7 Å². The van der Waals surface area contributed by atoms with Gasteiger partial charge in [0.25, 0.3) is 0 Å². The lowest BCUT2D eigenvalue weighted by atomic mass is 9.96. The van der Waals surface area contributed by atoms with Crippen LogP contribution in [0.2, 0.25) is 19.6 Å². The van der Waals surface area contributed by atoms with Crippen LogP contribution in [-0.4, -0.2) is 25.9 Å². The minimum absolute atomic E-state index is 0.159. The van der Waals surface area contributed by atoms with Gasteiger partial charge in [-0.3, -0.25) is 9.59 Å². The maximum absolute atomic E-state index is 13.2. The molecule has 9 heteroatoms. The summed E-state index contributed by atoms with van der Waals surface area (Å²) in [5.74, 6) is 2.26. The molecule has 0 radical (unpaired) electrons. The number of halogens is 3. The molecular weight excluding hydrogens is 423 g/mol. The molecule has 1 aliphatic heterocycles. The second-order valence-electron chi connectivity index (χ2n) is 8.22. The molecule has 1 amide bonds. The maximum Gasteiger partial charge on any atom is 0.442 e. The molecule has 31 heavy (non-hydrogen) atoms. The minimum atomic E-state index is -4.64. The molecule has 1 N–H and O–H groups in total. The zero-order valence-electron chi connectivity index (χ0n) is 17.4. The Balaban J connectivity index is 1.97. The number of benzene rings is 2. The summed E-state index contributed by atoms with van der Waals surface area (Å²) in [6.45, 7) is 7.59. The maximum atomic E-state index is 13.2. The number of anilines is 1. The van der Waals surface area contributed by atoms with Gasteiger partial charge < -0.3 is 5.32 Å². The highest BCUT2D eigenvalue weighted by atomic mass is 28.3. The van der Waals surface area contributed by atoms with Crippen LogP contribution in [0.15, 0.2) is 52.7 Å². The van der Waals surface area contributed by atoms with Gasteiger partial charge in [0.15, 0.2) is 5.78 Å². The van der Waals surface area contributed by atoms with Gasteiger partial charge in [-0.1, -0.05) is 49.8 Å². The third-order valence-electron chi connectivity index (χ3n) is 4.40. The molecule has 5 nitrogen and oxygen atoms in total. The van der Waals surface area contributed by atoms with Crippen molar-refractivity contribution >= 4 is 25.5 Å². The van der Waals surface area contributed by atoms with E-state index in [4.69, 9.17) is 0 Å². The molecule has 160 valence electrons. The summed E-state index contributed by atoms with van der Waals surface area (Å²) in [6, 6.07) is 9.86. The van der Waals surface area contributed by atoms with E-state index in [1.807, 2.05) is 0 Å². The first-order valence-corrected chi connectivity index (χ1v) is 12.9. The Morgan fingerprint density at radius 3 is 2.13 bits per heavy atom. The van der Waals surface area contributed by atoms with Crippen molar-refractivity contribution in [3.63, 3.8) is 0 Å². The van der Waals surface area contributed by atoms with Gasteiger partial charge in [-0.15, -0.1) is 15.8 Å². The second-order valence-corrected chi connectivity index (χ2v) is 13.0. The van der Waals surface area contributed by atoms with Crippen LogP contribution in [0.3, 0.4) is 0 Å². The van der Waals surface area contributed by atoms with E-state index >= 15 is 0 Å². The lowest BCUT2D eigenvalue weighted by Crippen LogP contribution is -2.30. The summed E-state index contributed by atoms with van der Waals surface area (Å²) in [5, 5.41) is 8.94. The molecule has 2 aromatic carbocycles. The standard InChI is InChI=1S/C22H20F3N3O2Si/c1-14(29)26-19-10-5-15(11-12-31(2,3)4)13-18(19)20(30)16-6-8-17(9-7-16)21(27-28-21)22(23,24)25/h5-10,13H,1-4H3,(H,26,29). The molecule has 0 aromatic heterocycles. The molecule has 0 aliphatic carbocycles. The Morgan fingerprint density at radius 2 is 1.65 bits per heavy atom. The van der Waals surface area contributed by atoms with E-state index in [0.29, 0.717) is 11.3 Å². The van der Waals surface area contributed by atoms with Gasteiger partial charge in [0.2, 0.25) is 5.91 Å². The Kier molecular flexibility index (Phi) is 5.63. The molecule has 1 aliphatic rings. The number of carbonyl (C=O) groups excluding carboxylic acids is 2. The van der Waals surface area contributed by atoms with E-state index in [0.717, 1.165) is 0 Å². The number of hydrogen-bond donors (Lipinski definition) is 1. The van der Waals surface area contributed by atoms with Crippen molar-refractivity contribution in [3.8, 4) is 11.5 Å². The fourth-order valence-electron chi connectivity index (χ4n) is 2.82. The third-order valence-corrected chi connectivity index (χ3v) is 5.28. The Labute approximate surface area is 178 Å². The van der Waals surface area contributed by atoms with Crippen LogP contribution in [0.1, 0.15) is 34.0 Å². The lowest BCUT2D eigenvalue weighted by molar-refractivity contribution is -0.166. The SMILES string of the molecule is CC(=O)Nc1ccc(C#C[Si](C)(C)C)cc1C(=O)c1ccc(C2(C(F)(F)F)N=N2)cc1. The van der Waals surface area contributed by atoms with Crippen molar-refractivity contribution in [1.82, 2.24) is 0 Å². The summed E-state index contributed by atoms with van der Waals surface area (Å²) >= 11 is 0. The van der Waals surface area contributed by atoms with Crippen LogP contribution < -0.4 is 5.32 Å². The number of nitrogens with one attached hydrogen (secondary N) is 1. The monoisotopic (exact) mass is 443 g/mol. The average Bonchev–Trinajstić information content (AvgIpc) is 3.48. The molecule has 1 heterocycles. The molecular formula is C22H20F3N3O2Si. The van der Waals surface area contributed by atoms with E-state index in [-0.39, 0.29) is 22.6 Å². The van der Waals surface area contributed by atoms with Crippen molar-refractivity contribution in [2.45, 2.75) is 38.4 Å². The van der Waals surface area contributed by atoms with Crippen molar-refractivity contribution in [3.05, 3.63) is 64.7 Å². The number of nitrogens with zero attached hydrogens (tertiary/aromatic N) is 2. The second kappa shape index (κ2) is 7.78. The normalized spacial score (nSPS) is 14.4. The summed E-state index contributed by atoms with van der Waals surface area (Å²) in [5.41, 5.74) is 1.81. The Bertz CT molecular complexity index is 1130. The van der Waals surface area contributed by atoms with Gasteiger partial charge in [0.05, 0.1) is 5.69 Å². The smallest absolute Gasteiger partial charge is 0.326 e. The van der Waals surface area contributed by atoms with E-state index in [9.17, 15) is 22.8 Å². The molecule has 0 spiro atoms. The molecule has 2 aromatic rings. The summed E-state index contributed by atoms with van der Waals surface area (Å²) in [6.07, 6.45) is -4.64. The number of carbonyl (C=O) groups is 2. The number of rotatable bonds is 4. The van der Waals surface area contributed by atoms with Crippen molar-refractivity contribution in [1.29, 1.82) is 0 Å². The first-order chi connectivity index (χ1) is 14.3. The zero-order chi connectivity index (χ0) is 23.0. The number of amides is 1. The minimum Gasteiger partial charge on any atom is -0.326 e. The molecule has 0 bridgehead atoms. The molecule has 0 atom stereocenters. The first kappa shape index (κ1) is 22.4. The Morgan fingerprint density at radius 1 is 1.03 bits per heavy atom. The average molecular weight is 444 g/mol. The van der Waals surface area contributed by atoms with E-state index in [1.54, 1.807) is 18.2 Å². The van der Waals surface area contributed by atoms with Crippen LogP contribution in [-0.2, 0) is 10.5 Å². The van der Waals surface area contributed by atoms with Gasteiger partial charge in [-0.05, 0) is 18.2 Å². The molecule has 0 fully saturated rings. The topological polar surface area (TPSA) is 70.9 Å².